The average molecular weight is 538 g/mol. The normalized spacial score (nSPS) is 24.6. The van der Waals surface area contributed by atoms with E-state index in [9.17, 15) is 9.90 Å². The van der Waals surface area contributed by atoms with Crippen LogP contribution in [0.5, 0.6) is 0 Å². The minimum atomic E-state index is -0.681. The van der Waals surface area contributed by atoms with Crippen molar-refractivity contribution in [1.82, 2.24) is 9.88 Å². The molecule has 3 aromatic carbocycles. The molecule has 2 N–H and O–H groups in total. The maximum absolute atomic E-state index is 14.0. The van der Waals surface area contributed by atoms with Gasteiger partial charge in [-0.3, -0.25) is 9.69 Å². The van der Waals surface area contributed by atoms with E-state index in [1.165, 1.54) is 33.6 Å². The van der Waals surface area contributed by atoms with Crippen molar-refractivity contribution in [3.63, 3.8) is 0 Å². The number of aliphatic hydroxyl groups excluding tert-OH is 1. The van der Waals surface area contributed by atoms with Gasteiger partial charge in [0.25, 0.3) is 0 Å². The molecular formula is C32H31N3O3S. The first-order chi connectivity index (χ1) is 19.0. The number of aliphatic hydroxyl groups is 1. The van der Waals surface area contributed by atoms with Crippen LogP contribution < -0.4 is 5.32 Å². The Morgan fingerprint density at radius 3 is 2.38 bits per heavy atom. The smallest absolute Gasteiger partial charge is 0.233 e. The summed E-state index contributed by atoms with van der Waals surface area (Å²) in [5.41, 5.74) is 7.18. The molecule has 8 rings (SSSR count). The summed E-state index contributed by atoms with van der Waals surface area (Å²) >= 11 is 1.44. The second-order valence-corrected chi connectivity index (χ2v) is 11.9. The highest BCUT2D eigenvalue weighted by atomic mass is 32.1. The molecule has 0 radical (unpaired) electrons. The lowest BCUT2D eigenvalue weighted by Crippen LogP contribution is -2.47. The van der Waals surface area contributed by atoms with Gasteiger partial charge in [0.2, 0.25) is 5.91 Å². The number of rotatable bonds is 5. The highest BCUT2D eigenvalue weighted by molar-refractivity contribution is 7.14. The molecule has 1 amide bonds. The Balaban J connectivity index is 1.14. The summed E-state index contributed by atoms with van der Waals surface area (Å²) in [6.07, 6.45) is 0.0936. The number of aromatic nitrogens is 1. The standard InChI is InChI=1S/C32H31N3O3S/c1-32(18-26-22-9-2-4-11-24(22)28(32)25-12-5-3-10-23(25)26)30(37)34-31-33-27(19-39-31)20-7-6-8-21(17-20)29(36)35-13-15-38-16-14-35/h2-12,17,19,26,28-29,36H,13-16,18H2,1H3,(H,33,34,37). The second-order valence-electron chi connectivity index (χ2n) is 11.0. The SMILES string of the molecule is CC1(C(=O)Nc2nc(-c3cccc(C(O)N4CCOCC4)c3)cs2)CC2c3ccccc3C1c1ccccc12. The largest absolute Gasteiger partial charge is 0.379 e. The van der Waals surface area contributed by atoms with Crippen LogP contribution in [0.3, 0.4) is 0 Å². The van der Waals surface area contributed by atoms with Gasteiger partial charge in [-0.15, -0.1) is 11.3 Å². The van der Waals surface area contributed by atoms with Crippen LogP contribution in [-0.2, 0) is 9.53 Å². The highest BCUT2D eigenvalue weighted by Gasteiger charge is 2.54. The van der Waals surface area contributed by atoms with Crippen LogP contribution in [0.25, 0.3) is 11.3 Å². The molecule has 39 heavy (non-hydrogen) atoms. The van der Waals surface area contributed by atoms with E-state index in [1.54, 1.807) is 0 Å². The molecule has 0 spiro atoms. The highest BCUT2D eigenvalue weighted by Crippen LogP contribution is 2.61. The Morgan fingerprint density at radius 2 is 1.69 bits per heavy atom. The summed E-state index contributed by atoms with van der Waals surface area (Å²) in [4.78, 5) is 20.8. The zero-order valence-electron chi connectivity index (χ0n) is 21.8. The molecule has 1 aliphatic heterocycles. The lowest BCUT2D eigenvalue weighted by atomic mass is 9.52. The summed E-state index contributed by atoms with van der Waals surface area (Å²) in [7, 11) is 0. The topological polar surface area (TPSA) is 74.7 Å². The first kappa shape index (κ1) is 24.7. The zero-order chi connectivity index (χ0) is 26.6. The van der Waals surface area contributed by atoms with Gasteiger partial charge >= 0.3 is 0 Å². The van der Waals surface area contributed by atoms with E-state index in [2.05, 4.69) is 60.8 Å². The van der Waals surface area contributed by atoms with Crippen molar-refractivity contribution in [1.29, 1.82) is 0 Å². The Labute approximate surface area is 232 Å². The van der Waals surface area contributed by atoms with Gasteiger partial charge in [0.05, 0.1) is 24.3 Å². The van der Waals surface area contributed by atoms with Crippen molar-refractivity contribution in [3.8, 4) is 11.3 Å². The number of nitrogens with one attached hydrogen (secondary N) is 1. The Kier molecular flexibility index (Phi) is 6.12. The van der Waals surface area contributed by atoms with Gasteiger partial charge in [0, 0.05) is 35.9 Å². The van der Waals surface area contributed by atoms with Crippen LogP contribution in [0.1, 0.15) is 59.2 Å². The van der Waals surface area contributed by atoms with Crippen LogP contribution in [0.15, 0.2) is 78.2 Å². The molecule has 1 fully saturated rings. The predicted octanol–water partition coefficient (Wildman–Crippen LogP) is 5.76. The number of amides is 1. The van der Waals surface area contributed by atoms with E-state index in [4.69, 9.17) is 9.72 Å². The molecule has 0 saturated carbocycles. The third-order valence-electron chi connectivity index (χ3n) is 8.75. The van der Waals surface area contributed by atoms with Crippen molar-refractivity contribution in [2.24, 2.45) is 5.41 Å². The predicted molar refractivity (Wildman–Crippen MR) is 153 cm³/mol. The van der Waals surface area contributed by atoms with Gasteiger partial charge in [-0.25, -0.2) is 4.98 Å². The maximum atomic E-state index is 14.0. The van der Waals surface area contributed by atoms with Crippen LogP contribution in [0.2, 0.25) is 0 Å². The third-order valence-corrected chi connectivity index (χ3v) is 9.50. The number of hydrogen-bond acceptors (Lipinski definition) is 6. The minimum Gasteiger partial charge on any atom is -0.379 e. The molecule has 2 unspecified atom stereocenters. The Morgan fingerprint density at radius 1 is 1.03 bits per heavy atom. The number of nitrogens with zero attached hydrogens (tertiary/aromatic N) is 2. The molecular weight excluding hydrogens is 506 g/mol. The molecule has 7 heteroatoms. The van der Waals surface area contributed by atoms with Gasteiger partial charge < -0.3 is 15.2 Å². The molecule has 198 valence electrons. The first-order valence-electron chi connectivity index (χ1n) is 13.6. The number of fused-ring (bicyclic) bond motifs is 1. The fourth-order valence-corrected chi connectivity index (χ4v) is 7.50. The van der Waals surface area contributed by atoms with Crippen molar-refractivity contribution in [2.45, 2.75) is 31.4 Å². The number of carbonyl (C=O) groups excluding carboxylic acids is 1. The number of thiazole rings is 1. The van der Waals surface area contributed by atoms with Crippen molar-refractivity contribution >= 4 is 22.4 Å². The molecule has 2 heterocycles. The Bertz CT molecular complexity index is 1500. The molecule has 4 aromatic rings. The lowest BCUT2D eigenvalue weighted by Gasteiger charge is -2.50. The number of morpholine rings is 1. The third kappa shape index (κ3) is 4.12. The van der Waals surface area contributed by atoms with Crippen LogP contribution in [-0.4, -0.2) is 47.2 Å². The number of anilines is 1. The summed E-state index contributed by atoms with van der Waals surface area (Å²) in [5.74, 6) is 0.234. The maximum Gasteiger partial charge on any atom is 0.233 e. The van der Waals surface area contributed by atoms with Crippen molar-refractivity contribution in [3.05, 3.63) is 106 Å². The van der Waals surface area contributed by atoms with Gasteiger partial charge in [0.15, 0.2) is 5.13 Å². The van der Waals surface area contributed by atoms with E-state index in [1.807, 2.05) is 34.5 Å². The molecule has 1 saturated heterocycles. The molecule has 6 nitrogen and oxygen atoms in total. The number of benzene rings is 3. The van der Waals surface area contributed by atoms with Crippen molar-refractivity contribution < 1.29 is 14.6 Å². The molecule has 3 aliphatic carbocycles. The zero-order valence-corrected chi connectivity index (χ0v) is 22.7. The van der Waals surface area contributed by atoms with Gasteiger partial charge in [-0.1, -0.05) is 66.7 Å². The fourth-order valence-electron chi connectivity index (χ4n) is 6.78. The van der Waals surface area contributed by atoms with E-state index in [0.717, 1.165) is 23.2 Å². The molecule has 4 aliphatic rings. The molecule has 2 atom stereocenters. The van der Waals surface area contributed by atoms with Crippen LogP contribution >= 0.6 is 11.3 Å². The molecule has 2 bridgehead atoms. The fraction of sp³-hybridized carbons (Fsp3) is 0.312. The summed E-state index contributed by atoms with van der Waals surface area (Å²) in [5, 5.41) is 16.6. The van der Waals surface area contributed by atoms with Crippen molar-refractivity contribution in [2.75, 3.05) is 31.6 Å². The summed E-state index contributed by atoms with van der Waals surface area (Å²) < 4.78 is 5.42. The van der Waals surface area contributed by atoms with Crippen LogP contribution in [0.4, 0.5) is 5.13 Å². The van der Waals surface area contributed by atoms with Gasteiger partial charge in [0.1, 0.15) is 6.23 Å². The van der Waals surface area contributed by atoms with E-state index < -0.39 is 11.6 Å². The number of carbonyl (C=O) groups is 1. The summed E-state index contributed by atoms with van der Waals surface area (Å²) in [6.45, 7) is 4.77. The number of hydrogen-bond donors (Lipinski definition) is 2. The monoisotopic (exact) mass is 537 g/mol. The lowest BCUT2D eigenvalue weighted by molar-refractivity contribution is -0.126. The minimum absolute atomic E-state index is 0.00712. The molecule has 1 aromatic heterocycles. The second kappa shape index (κ2) is 9.68. The first-order valence-corrected chi connectivity index (χ1v) is 14.5. The van der Waals surface area contributed by atoms with E-state index in [0.29, 0.717) is 31.4 Å². The van der Waals surface area contributed by atoms with Gasteiger partial charge in [-0.05, 0) is 47.2 Å². The van der Waals surface area contributed by atoms with Crippen LogP contribution in [0, 0.1) is 5.41 Å². The van der Waals surface area contributed by atoms with E-state index in [-0.39, 0.29) is 17.7 Å². The Hall–Kier alpha value is -3.36. The van der Waals surface area contributed by atoms with E-state index >= 15 is 0 Å². The average Bonchev–Trinajstić information content (AvgIpc) is 3.46. The quantitative estimate of drug-likeness (QED) is 0.339. The number of ether oxygens (including phenoxy) is 1. The summed E-state index contributed by atoms with van der Waals surface area (Å²) in [6, 6.07) is 25.0. The van der Waals surface area contributed by atoms with Gasteiger partial charge in [-0.2, -0.15) is 0 Å².